The number of carbonyl (C=O) groups is 3. The largest absolute Gasteiger partial charge is 0.490 e. The van der Waals surface area contributed by atoms with Crippen LogP contribution in [0.1, 0.15) is 44.0 Å². The standard InChI is InChI=1S/C19H27NO7/c1-4-24-15-10-9-14(12-16(15)25-5-2)19(23)27-13-17(21)20-11-7-8-18(22)26-6-3/h9-10,12H,4-8,11,13H2,1-3H3,(H,20,21). The van der Waals surface area contributed by atoms with Gasteiger partial charge in [0.1, 0.15) is 0 Å². The Labute approximate surface area is 159 Å². The summed E-state index contributed by atoms with van der Waals surface area (Å²) in [5.41, 5.74) is 0.261. The van der Waals surface area contributed by atoms with Crippen LogP contribution in [0.5, 0.6) is 11.5 Å². The van der Waals surface area contributed by atoms with Gasteiger partial charge in [-0.05, 0) is 45.4 Å². The molecule has 0 bridgehead atoms. The van der Waals surface area contributed by atoms with Crippen LogP contribution < -0.4 is 14.8 Å². The van der Waals surface area contributed by atoms with Crippen molar-refractivity contribution in [3.63, 3.8) is 0 Å². The molecule has 150 valence electrons. The van der Waals surface area contributed by atoms with E-state index in [1.165, 1.54) is 6.07 Å². The zero-order chi connectivity index (χ0) is 20.1. The summed E-state index contributed by atoms with van der Waals surface area (Å²) in [5, 5.41) is 2.58. The molecule has 0 aliphatic carbocycles. The predicted molar refractivity (Wildman–Crippen MR) is 97.9 cm³/mol. The molecule has 1 rings (SSSR count). The lowest BCUT2D eigenvalue weighted by Gasteiger charge is -2.12. The van der Waals surface area contributed by atoms with E-state index >= 15 is 0 Å². The molecule has 0 aliphatic rings. The van der Waals surface area contributed by atoms with Gasteiger partial charge in [-0.2, -0.15) is 0 Å². The third kappa shape index (κ3) is 8.44. The summed E-state index contributed by atoms with van der Waals surface area (Å²) in [6.07, 6.45) is 0.676. The van der Waals surface area contributed by atoms with Crippen LogP contribution in [0.3, 0.4) is 0 Å². The van der Waals surface area contributed by atoms with Crippen molar-refractivity contribution in [1.29, 1.82) is 0 Å². The molecule has 1 N–H and O–H groups in total. The van der Waals surface area contributed by atoms with Gasteiger partial charge in [0.2, 0.25) is 0 Å². The fourth-order valence-corrected chi connectivity index (χ4v) is 2.14. The van der Waals surface area contributed by atoms with E-state index in [4.69, 9.17) is 18.9 Å². The van der Waals surface area contributed by atoms with E-state index in [9.17, 15) is 14.4 Å². The molecule has 8 nitrogen and oxygen atoms in total. The number of ether oxygens (including phenoxy) is 4. The molecule has 0 saturated heterocycles. The maximum Gasteiger partial charge on any atom is 0.338 e. The number of hydrogen-bond acceptors (Lipinski definition) is 7. The highest BCUT2D eigenvalue weighted by atomic mass is 16.5. The second-order valence-corrected chi connectivity index (χ2v) is 5.36. The van der Waals surface area contributed by atoms with E-state index in [1.807, 2.05) is 13.8 Å². The number of hydrogen-bond donors (Lipinski definition) is 1. The SMILES string of the molecule is CCOC(=O)CCCNC(=O)COC(=O)c1ccc(OCC)c(OCC)c1. The van der Waals surface area contributed by atoms with Gasteiger partial charge >= 0.3 is 11.9 Å². The number of carbonyl (C=O) groups excluding carboxylic acids is 3. The normalized spacial score (nSPS) is 10.0. The fraction of sp³-hybridized carbons (Fsp3) is 0.526. The highest BCUT2D eigenvalue weighted by molar-refractivity contribution is 5.92. The van der Waals surface area contributed by atoms with Crippen LogP contribution in [-0.2, 0) is 19.1 Å². The van der Waals surface area contributed by atoms with Crippen molar-refractivity contribution in [1.82, 2.24) is 5.32 Å². The lowest BCUT2D eigenvalue weighted by atomic mass is 10.2. The van der Waals surface area contributed by atoms with Crippen molar-refractivity contribution in [3.05, 3.63) is 23.8 Å². The predicted octanol–water partition coefficient (Wildman–Crippen LogP) is 2.10. The van der Waals surface area contributed by atoms with E-state index in [-0.39, 0.29) is 18.0 Å². The van der Waals surface area contributed by atoms with Crippen LogP contribution in [0.4, 0.5) is 0 Å². The van der Waals surface area contributed by atoms with Gasteiger partial charge < -0.3 is 24.3 Å². The van der Waals surface area contributed by atoms with E-state index in [1.54, 1.807) is 19.1 Å². The summed E-state index contributed by atoms with van der Waals surface area (Å²) < 4.78 is 20.7. The van der Waals surface area contributed by atoms with Crippen LogP contribution in [0, 0.1) is 0 Å². The number of esters is 2. The van der Waals surface area contributed by atoms with Gasteiger partial charge in [-0.1, -0.05) is 0 Å². The Balaban J connectivity index is 2.43. The van der Waals surface area contributed by atoms with Crippen LogP contribution in [0.25, 0.3) is 0 Å². The van der Waals surface area contributed by atoms with Crippen molar-refractivity contribution in [2.45, 2.75) is 33.6 Å². The molecule has 8 heteroatoms. The molecule has 27 heavy (non-hydrogen) atoms. The van der Waals surface area contributed by atoms with E-state index in [2.05, 4.69) is 5.32 Å². The van der Waals surface area contributed by atoms with Gasteiger partial charge in [-0.15, -0.1) is 0 Å². The van der Waals surface area contributed by atoms with Crippen molar-refractivity contribution in [2.24, 2.45) is 0 Å². The molecule has 0 atom stereocenters. The molecular formula is C19H27NO7. The zero-order valence-electron chi connectivity index (χ0n) is 16.0. The first-order valence-electron chi connectivity index (χ1n) is 9.00. The lowest BCUT2D eigenvalue weighted by Crippen LogP contribution is -2.30. The minimum atomic E-state index is -0.638. The Bertz CT molecular complexity index is 630. The third-order valence-electron chi connectivity index (χ3n) is 3.30. The van der Waals surface area contributed by atoms with E-state index in [0.717, 1.165) is 0 Å². The molecule has 0 spiro atoms. The summed E-state index contributed by atoms with van der Waals surface area (Å²) in [4.78, 5) is 35.0. The first-order valence-corrected chi connectivity index (χ1v) is 9.00. The molecule has 0 aromatic heterocycles. The Morgan fingerprint density at radius 3 is 2.30 bits per heavy atom. The number of benzene rings is 1. The Morgan fingerprint density at radius 2 is 1.63 bits per heavy atom. The molecular weight excluding hydrogens is 354 g/mol. The van der Waals surface area contributed by atoms with Crippen LogP contribution in [0.15, 0.2) is 18.2 Å². The first-order chi connectivity index (χ1) is 13.0. The second kappa shape index (κ2) is 12.6. The van der Waals surface area contributed by atoms with E-state index < -0.39 is 18.5 Å². The summed E-state index contributed by atoms with van der Waals surface area (Å²) in [7, 11) is 0. The zero-order valence-corrected chi connectivity index (χ0v) is 16.0. The molecule has 1 aromatic carbocycles. The van der Waals surface area contributed by atoms with Crippen molar-refractivity contribution < 1.29 is 33.3 Å². The number of nitrogens with one attached hydrogen (secondary N) is 1. The highest BCUT2D eigenvalue weighted by Gasteiger charge is 2.14. The summed E-state index contributed by atoms with van der Waals surface area (Å²) in [6.45, 7) is 6.53. The lowest BCUT2D eigenvalue weighted by molar-refractivity contribution is -0.143. The van der Waals surface area contributed by atoms with Crippen LogP contribution >= 0.6 is 0 Å². The highest BCUT2D eigenvalue weighted by Crippen LogP contribution is 2.28. The molecule has 0 radical (unpaired) electrons. The summed E-state index contributed by atoms with van der Waals surface area (Å²) in [5.74, 6) is -0.407. The van der Waals surface area contributed by atoms with Crippen molar-refractivity contribution >= 4 is 17.8 Å². The first kappa shape index (κ1) is 22.3. The average Bonchev–Trinajstić information content (AvgIpc) is 2.65. The number of rotatable bonds is 12. The quantitative estimate of drug-likeness (QED) is 0.437. The smallest absolute Gasteiger partial charge is 0.338 e. The summed E-state index contributed by atoms with van der Waals surface area (Å²) >= 11 is 0. The monoisotopic (exact) mass is 381 g/mol. The molecule has 0 saturated carbocycles. The molecule has 0 heterocycles. The molecule has 1 aromatic rings. The third-order valence-corrected chi connectivity index (χ3v) is 3.30. The second-order valence-electron chi connectivity index (χ2n) is 5.36. The Hall–Kier alpha value is -2.77. The van der Waals surface area contributed by atoms with Gasteiger partial charge in [0.05, 0.1) is 25.4 Å². The molecule has 0 unspecified atom stereocenters. The summed E-state index contributed by atoms with van der Waals surface area (Å²) in [6, 6.07) is 4.70. The molecule has 0 fully saturated rings. The average molecular weight is 381 g/mol. The van der Waals surface area contributed by atoms with Gasteiger partial charge in [0.25, 0.3) is 5.91 Å². The number of amides is 1. The topological polar surface area (TPSA) is 100 Å². The Kier molecular flexibility index (Phi) is 10.4. The van der Waals surface area contributed by atoms with Crippen LogP contribution in [0.2, 0.25) is 0 Å². The van der Waals surface area contributed by atoms with Gasteiger partial charge in [0, 0.05) is 13.0 Å². The maximum atomic E-state index is 12.1. The molecule has 0 aliphatic heterocycles. The minimum Gasteiger partial charge on any atom is -0.490 e. The van der Waals surface area contributed by atoms with Gasteiger partial charge in [-0.25, -0.2) is 4.79 Å². The maximum absolute atomic E-state index is 12.1. The van der Waals surface area contributed by atoms with Gasteiger partial charge in [0.15, 0.2) is 18.1 Å². The van der Waals surface area contributed by atoms with E-state index in [0.29, 0.717) is 44.3 Å². The van der Waals surface area contributed by atoms with Gasteiger partial charge in [-0.3, -0.25) is 9.59 Å². The fourth-order valence-electron chi connectivity index (χ4n) is 2.14. The van der Waals surface area contributed by atoms with Crippen molar-refractivity contribution in [2.75, 3.05) is 33.0 Å². The van der Waals surface area contributed by atoms with Crippen molar-refractivity contribution in [3.8, 4) is 11.5 Å². The van der Waals surface area contributed by atoms with Crippen LogP contribution in [-0.4, -0.2) is 50.8 Å². The molecule has 1 amide bonds. The minimum absolute atomic E-state index is 0.223. The Morgan fingerprint density at radius 1 is 0.926 bits per heavy atom.